The van der Waals surface area contributed by atoms with Crippen LogP contribution in [-0.4, -0.2) is 16.9 Å². The predicted molar refractivity (Wildman–Crippen MR) is 102 cm³/mol. The van der Waals surface area contributed by atoms with Crippen molar-refractivity contribution in [3.05, 3.63) is 29.3 Å². The number of phenols is 1. The molecule has 138 valence electrons. The molecule has 2 fully saturated rings. The van der Waals surface area contributed by atoms with Gasteiger partial charge in [-0.15, -0.1) is 0 Å². The first kappa shape index (κ1) is 18.4. The molecule has 0 heterocycles. The Hall–Kier alpha value is -1.35. The number of Topliss-reactive ketones (excluding diaryl/α,β-unsaturated/α-hetero) is 1. The molecule has 0 amide bonds. The summed E-state index contributed by atoms with van der Waals surface area (Å²) in [7, 11) is 0. The first-order valence-corrected chi connectivity index (χ1v) is 9.67. The lowest BCUT2D eigenvalue weighted by molar-refractivity contribution is -0.0865. The minimum absolute atomic E-state index is 0.0204. The van der Waals surface area contributed by atoms with Gasteiger partial charge in [-0.2, -0.15) is 0 Å². The van der Waals surface area contributed by atoms with Gasteiger partial charge >= 0.3 is 0 Å². The largest absolute Gasteiger partial charge is 0.508 e. The van der Waals surface area contributed by atoms with Gasteiger partial charge in [-0.1, -0.05) is 34.1 Å². The summed E-state index contributed by atoms with van der Waals surface area (Å²) in [5.41, 5.74) is 8.28. The number of hydrogen-bond donors (Lipinski definition) is 2. The molecule has 0 aliphatic heterocycles. The third-order valence-electron chi connectivity index (χ3n) is 7.32. The average molecular weight is 344 g/mol. The van der Waals surface area contributed by atoms with Crippen LogP contribution in [0.2, 0.25) is 0 Å². The van der Waals surface area contributed by atoms with Crippen molar-refractivity contribution in [3.8, 4) is 5.75 Å². The number of nitrogens with two attached hydrogens (primary N) is 1. The minimum Gasteiger partial charge on any atom is -0.508 e. The number of aryl methyl sites for hydroxylation is 1. The molecule has 3 nitrogen and oxygen atoms in total. The highest BCUT2D eigenvalue weighted by atomic mass is 16.3. The second kappa shape index (κ2) is 6.12. The lowest BCUT2D eigenvalue weighted by atomic mass is 9.45. The number of carbonyl (C=O) groups is 1. The molecular formula is C22H33NO2. The van der Waals surface area contributed by atoms with Crippen LogP contribution in [-0.2, 0) is 0 Å². The molecule has 1 aromatic carbocycles. The highest BCUT2D eigenvalue weighted by Gasteiger charge is 2.57. The van der Waals surface area contributed by atoms with Gasteiger partial charge < -0.3 is 10.8 Å². The number of benzene rings is 1. The van der Waals surface area contributed by atoms with E-state index in [0.29, 0.717) is 11.5 Å². The third kappa shape index (κ3) is 3.01. The van der Waals surface area contributed by atoms with E-state index in [4.69, 9.17) is 5.73 Å². The summed E-state index contributed by atoms with van der Waals surface area (Å²) < 4.78 is 0. The first-order valence-electron chi connectivity index (χ1n) is 9.67. The number of fused-ring (bicyclic) bond motifs is 1. The molecule has 2 unspecified atom stereocenters. The van der Waals surface area contributed by atoms with Crippen LogP contribution >= 0.6 is 0 Å². The van der Waals surface area contributed by atoms with E-state index in [2.05, 4.69) is 27.7 Å². The normalized spacial score (nSPS) is 37.4. The molecular weight excluding hydrogens is 310 g/mol. The van der Waals surface area contributed by atoms with Gasteiger partial charge in [0.25, 0.3) is 0 Å². The van der Waals surface area contributed by atoms with Crippen LogP contribution < -0.4 is 5.73 Å². The van der Waals surface area contributed by atoms with E-state index in [1.54, 1.807) is 12.1 Å². The number of rotatable bonds is 2. The molecule has 2 aliphatic rings. The van der Waals surface area contributed by atoms with Gasteiger partial charge in [-0.3, -0.25) is 4.79 Å². The van der Waals surface area contributed by atoms with Crippen molar-refractivity contribution in [3.63, 3.8) is 0 Å². The SMILES string of the molecule is Cc1cc(O)cc(C(=O)[C@H]2C(C)C(N)C[C@H]3C(C)(C)CCC[C@]23C)c1. The molecule has 0 radical (unpaired) electrons. The standard InChI is InChI=1S/C22H33NO2/c1-13-9-15(11-16(24)10-13)20(25)19-14(2)17(23)12-18-21(3,4)7-6-8-22(18,19)5/h9-11,14,17-19,24H,6-8,12,23H2,1-5H3/t14?,17?,18-,19+,22-/m0/s1. The van der Waals surface area contributed by atoms with E-state index >= 15 is 0 Å². The maximum atomic E-state index is 13.6. The van der Waals surface area contributed by atoms with Crippen molar-refractivity contribution in [1.29, 1.82) is 0 Å². The summed E-state index contributed by atoms with van der Waals surface area (Å²) in [6.45, 7) is 11.1. The van der Waals surface area contributed by atoms with Crippen molar-refractivity contribution in [2.24, 2.45) is 34.3 Å². The lowest BCUT2D eigenvalue weighted by Crippen LogP contribution is -2.59. The molecule has 3 heteroatoms. The molecule has 0 spiro atoms. The topological polar surface area (TPSA) is 63.3 Å². The molecule has 2 saturated carbocycles. The first-order chi connectivity index (χ1) is 11.6. The summed E-state index contributed by atoms with van der Waals surface area (Å²) in [5, 5.41) is 9.96. The Morgan fingerprint density at radius 1 is 1.20 bits per heavy atom. The van der Waals surface area contributed by atoms with E-state index < -0.39 is 0 Å². The zero-order valence-electron chi connectivity index (χ0n) is 16.3. The maximum Gasteiger partial charge on any atom is 0.166 e. The Labute approximate surface area is 152 Å². The molecule has 0 bridgehead atoms. The fourth-order valence-electron chi connectivity index (χ4n) is 6.08. The van der Waals surface area contributed by atoms with Gasteiger partial charge in [-0.25, -0.2) is 0 Å². The van der Waals surface area contributed by atoms with Gasteiger partial charge in [0, 0.05) is 17.5 Å². The van der Waals surface area contributed by atoms with Gasteiger partial charge in [0.1, 0.15) is 5.75 Å². The molecule has 1 aromatic rings. The van der Waals surface area contributed by atoms with Gasteiger partial charge in [-0.05, 0) is 72.6 Å². The van der Waals surface area contributed by atoms with Crippen LogP contribution in [0.5, 0.6) is 5.75 Å². The highest BCUT2D eigenvalue weighted by molar-refractivity contribution is 5.99. The van der Waals surface area contributed by atoms with Gasteiger partial charge in [0.15, 0.2) is 5.78 Å². The smallest absolute Gasteiger partial charge is 0.166 e. The van der Waals surface area contributed by atoms with Gasteiger partial charge in [0.2, 0.25) is 0 Å². The van der Waals surface area contributed by atoms with E-state index in [0.717, 1.165) is 18.4 Å². The van der Waals surface area contributed by atoms with E-state index in [-0.39, 0.29) is 40.2 Å². The molecule has 0 saturated heterocycles. The van der Waals surface area contributed by atoms with Crippen LogP contribution in [0.25, 0.3) is 0 Å². The second-order valence-electron chi connectivity index (χ2n) is 9.56. The average Bonchev–Trinajstić information content (AvgIpc) is 2.48. The van der Waals surface area contributed by atoms with Crippen molar-refractivity contribution >= 4 is 5.78 Å². The third-order valence-corrected chi connectivity index (χ3v) is 7.32. The van der Waals surface area contributed by atoms with Crippen molar-refractivity contribution in [2.75, 3.05) is 0 Å². The Kier molecular flexibility index (Phi) is 4.51. The van der Waals surface area contributed by atoms with Crippen molar-refractivity contribution in [1.82, 2.24) is 0 Å². The number of phenolic OH excluding ortho intramolecular Hbond substituents is 1. The number of hydrogen-bond acceptors (Lipinski definition) is 3. The summed E-state index contributed by atoms with van der Waals surface area (Å²) in [6, 6.07) is 5.28. The summed E-state index contributed by atoms with van der Waals surface area (Å²) in [6.07, 6.45) is 4.48. The summed E-state index contributed by atoms with van der Waals surface area (Å²) >= 11 is 0. The Morgan fingerprint density at radius 2 is 1.88 bits per heavy atom. The van der Waals surface area contributed by atoms with E-state index in [1.165, 1.54) is 12.8 Å². The van der Waals surface area contributed by atoms with Crippen LogP contribution in [0.15, 0.2) is 18.2 Å². The van der Waals surface area contributed by atoms with Crippen LogP contribution in [0.3, 0.4) is 0 Å². The number of carbonyl (C=O) groups excluding carboxylic acids is 1. The zero-order valence-corrected chi connectivity index (χ0v) is 16.3. The van der Waals surface area contributed by atoms with Crippen molar-refractivity contribution < 1.29 is 9.90 Å². The fourth-order valence-corrected chi connectivity index (χ4v) is 6.08. The fraction of sp³-hybridized carbons (Fsp3) is 0.682. The monoisotopic (exact) mass is 343 g/mol. The predicted octanol–water partition coefficient (Wildman–Crippen LogP) is 4.70. The minimum atomic E-state index is -0.0815. The highest BCUT2D eigenvalue weighted by Crippen LogP contribution is 2.61. The molecule has 25 heavy (non-hydrogen) atoms. The Morgan fingerprint density at radius 3 is 2.52 bits per heavy atom. The van der Waals surface area contributed by atoms with Crippen LogP contribution in [0.4, 0.5) is 0 Å². The molecule has 0 aromatic heterocycles. The quantitative estimate of drug-likeness (QED) is 0.765. The number of aromatic hydroxyl groups is 1. The Balaban J connectivity index is 2.06. The molecule has 5 atom stereocenters. The molecule has 2 aliphatic carbocycles. The zero-order chi connectivity index (χ0) is 18.6. The number of ketones is 1. The second-order valence-corrected chi connectivity index (χ2v) is 9.56. The van der Waals surface area contributed by atoms with Crippen LogP contribution in [0, 0.1) is 35.5 Å². The van der Waals surface area contributed by atoms with E-state index in [9.17, 15) is 9.90 Å². The maximum absolute atomic E-state index is 13.6. The van der Waals surface area contributed by atoms with Gasteiger partial charge in [0.05, 0.1) is 0 Å². The van der Waals surface area contributed by atoms with Crippen LogP contribution in [0.1, 0.15) is 69.3 Å². The Bertz CT molecular complexity index is 660. The molecule has 3 rings (SSSR count). The summed E-state index contributed by atoms with van der Waals surface area (Å²) in [4.78, 5) is 13.6. The summed E-state index contributed by atoms with van der Waals surface area (Å²) in [5.74, 6) is 0.869. The van der Waals surface area contributed by atoms with Crippen molar-refractivity contribution in [2.45, 2.75) is 66.3 Å². The lowest BCUT2D eigenvalue weighted by Gasteiger charge is -2.60. The molecule has 3 N–H and O–H groups in total. The van der Waals surface area contributed by atoms with E-state index in [1.807, 2.05) is 13.0 Å².